The highest BCUT2D eigenvalue weighted by atomic mass is 32.1. The fourth-order valence-corrected chi connectivity index (χ4v) is 4.85. The summed E-state index contributed by atoms with van der Waals surface area (Å²) in [6.45, 7) is 8.05. The number of anilines is 1. The first-order chi connectivity index (χ1) is 12.6. The fourth-order valence-electron chi connectivity index (χ4n) is 4.25. The third-order valence-electron chi connectivity index (χ3n) is 5.80. The van der Waals surface area contributed by atoms with Crippen molar-refractivity contribution in [1.29, 1.82) is 0 Å². The Labute approximate surface area is 159 Å². The van der Waals surface area contributed by atoms with Gasteiger partial charge in [-0.05, 0) is 56.8 Å². The average molecular weight is 370 g/mol. The van der Waals surface area contributed by atoms with Gasteiger partial charge in [-0.25, -0.2) is 4.98 Å². The summed E-state index contributed by atoms with van der Waals surface area (Å²) >= 11 is 1.71. The second-order valence-electron chi connectivity index (χ2n) is 7.65. The van der Waals surface area contributed by atoms with Crippen molar-refractivity contribution < 1.29 is 4.79 Å². The fraction of sp³-hybridized carbons (Fsp3) is 0.524. The van der Waals surface area contributed by atoms with Gasteiger partial charge in [0.1, 0.15) is 0 Å². The average Bonchev–Trinajstić information content (AvgIpc) is 3.07. The van der Waals surface area contributed by atoms with Crippen LogP contribution in [0.2, 0.25) is 0 Å². The number of thiazole rings is 1. The minimum absolute atomic E-state index is 0.157. The summed E-state index contributed by atoms with van der Waals surface area (Å²) in [4.78, 5) is 22.2. The standard InChI is InChI=1S/C21H27N3OS/c1-15-7-12-24(20-6-4-3-5-19(15)20)21(25)17-8-10-23(11-9-17)13-18-14-26-16(2)22-18/h3-6,14-15,17H,7-13H2,1-2H3. The first-order valence-corrected chi connectivity index (χ1v) is 10.5. The molecule has 1 fully saturated rings. The molecular formula is C21H27N3OS. The highest BCUT2D eigenvalue weighted by Crippen LogP contribution is 2.36. The van der Waals surface area contributed by atoms with Gasteiger partial charge in [-0.3, -0.25) is 9.69 Å². The van der Waals surface area contributed by atoms with E-state index < -0.39 is 0 Å². The van der Waals surface area contributed by atoms with Crippen LogP contribution in [0.4, 0.5) is 5.69 Å². The van der Waals surface area contributed by atoms with Crippen molar-refractivity contribution in [1.82, 2.24) is 9.88 Å². The number of rotatable bonds is 3. The monoisotopic (exact) mass is 369 g/mol. The molecule has 4 nitrogen and oxygen atoms in total. The molecule has 1 aromatic carbocycles. The summed E-state index contributed by atoms with van der Waals surface area (Å²) in [7, 11) is 0. The molecule has 0 spiro atoms. The lowest BCUT2D eigenvalue weighted by Gasteiger charge is -2.37. The van der Waals surface area contributed by atoms with Gasteiger partial charge in [0.05, 0.1) is 10.7 Å². The van der Waals surface area contributed by atoms with Gasteiger partial charge >= 0.3 is 0 Å². The van der Waals surface area contributed by atoms with Crippen molar-refractivity contribution in [2.24, 2.45) is 5.92 Å². The van der Waals surface area contributed by atoms with E-state index in [1.807, 2.05) is 0 Å². The van der Waals surface area contributed by atoms with Crippen LogP contribution in [0.5, 0.6) is 0 Å². The van der Waals surface area contributed by atoms with Crippen molar-refractivity contribution in [3.05, 3.63) is 45.9 Å². The van der Waals surface area contributed by atoms with Gasteiger partial charge in [0, 0.05) is 30.1 Å². The Morgan fingerprint density at radius 3 is 2.69 bits per heavy atom. The third-order valence-corrected chi connectivity index (χ3v) is 6.62. The smallest absolute Gasteiger partial charge is 0.230 e. The lowest BCUT2D eigenvalue weighted by atomic mass is 9.89. The SMILES string of the molecule is Cc1nc(CN2CCC(C(=O)N3CCC(C)c4ccccc43)CC2)cs1. The molecule has 5 heteroatoms. The molecule has 2 aliphatic heterocycles. The number of carbonyl (C=O) groups is 1. The van der Waals surface area contributed by atoms with E-state index >= 15 is 0 Å². The number of benzene rings is 1. The number of nitrogens with zero attached hydrogens (tertiary/aromatic N) is 3. The molecule has 0 radical (unpaired) electrons. The maximum Gasteiger partial charge on any atom is 0.230 e. The van der Waals surface area contributed by atoms with E-state index in [1.54, 1.807) is 11.3 Å². The Bertz CT molecular complexity index is 779. The van der Waals surface area contributed by atoms with Crippen molar-refractivity contribution in [3.8, 4) is 0 Å². The molecule has 1 amide bonds. The number of carbonyl (C=O) groups excluding carboxylic acids is 1. The minimum atomic E-state index is 0.157. The van der Waals surface area contributed by atoms with Gasteiger partial charge in [0.2, 0.25) is 5.91 Å². The molecule has 1 saturated heterocycles. The summed E-state index contributed by atoms with van der Waals surface area (Å²) in [5, 5.41) is 3.28. The largest absolute Gasteiger partial charge is 0.312 e. The van der Waals surface area contributed by atoms with E-state index in [0.29, 0.717) is 11.8 Å². The van der Waals surface area contributed by atoms with Crippen molar-refractivity contribution in [2.75, 3.05) is 24.5 Å². The van der Waals surface area contributed by atoms with Gasteiger partial charge in [-0.1, -0.05) is 25.1 Å². The Balaban J connectivity index is 1.39. The molecule has 0 aliphatic carbocycles. The zero-order valence-corrected chi connectivity index (χ0v) is 16.5. The van der Waals surface area contributed by atoms with E-state index in [9.17, 15) is 4.79 Å². The number of hydrogen-bond donors (Lipinski definition) is 0. The number of likely N-dealkylation sites (tertiary alicyclic amines) is 1. The first-order valence-electron chi connectivity index (χ1n) is 9.65. The van der Waals surface area contributed by atoms with E-state index in [2.05, 4.69) is 58.3 Å². The summed E-state index contributed by atoms with van der Waals surface area (Å²) in [6.07, 6.45) is 2.97. The number of amides is 1. The zero-order chi connectivity index (χ0) is 18.1. The number of para-hydroxylation sites is 1. The molecule has 0 saturated carbocycles. The van der Waals surface area contributed by atoms with Crippen LogP contribution in [0.15, 0.2) is 29.6 Å². The van der Waals surface area contributed by atoms with Crippen LogP contribution in [0.1, 0.15) is 48.4 Å². The van der Waals surface area contributed by atoms with Crippen LogP contribution in [-0.2, 0) is 11.3 Å². The second kappa shape index (κ2) is 7.49. The third kappa shape index (κ3) is 3.55. The second-order valence-corrected chi connectivity index (χ2v) is 8.71. The maximum absolute atomic E-state index is 13.2. The Morgan fingerprint density at radius 2 is 1.96 bits per heavy atom. The molecule has 2 aromatic rings. The molecule has 1 aromatic heterocycles. The van der Waals surface area contributed by atoms with Crippen molar-refractivity contribution in [2.45, 2.75) is 45.6 Å². The molecule has 1 atom stereocenters. The predicted octanol–water partition coefficient (Wildman–Crippen LogP) is 4.20. The van der Waals surface area contributed by atoms with Crippen LogP contribution >= 0.6 is 11.3 Å². The first kappa shape index (κ1) is 17.7. The molecular weight excluding hydrogens is 342 g/mol. The highest BCUT2D eigenvalue weighted by Gasteiger charge is 2.32. The van der Waals surface area contributed by atoms with E-state index in [4.69, 9.17) is 0 Å². The van der Waals surface area contributed by atoms with E-state index in [1.165, 1.54) is 5.56 Å². The summed E-state index contributed by atoms with van der Waals surface area (Å²) in [5.74, 6) is 1.03. The number of hydrogen-bond acceptors (Lipinski definition) is 4. The Morgan fingerprint density at radius 1 is 1.19 bits per heavy atom. The number of aryl methyl sites for hydroxylation is 1. The normalized spacial score (nSPS) is 21.6. The molecule has 138 valence electrons. The molecule has 2 aliphatic rings. The van der Waals surface area contributed by atoms with Crippen LogP contribution in [-0.4, -0.2) is 35.4 Å². The van der Waals surface area contributed by atoms with Gasteiger partial charge in [0.25, 0.3) is 0 Å². The summed E-state index contributed by atoms with van der Waals surface area (Å²) in [6, 6.07) is 8.43. The summed E-state index contributed by atoms with van der Waals surface area (Å²) in [5.41, 5.74) is 3.62. The molecule has 0 bridgehead atoms. The lowest BCUT2D eigenvalue weighted by molar-refractivity contribution is -0.124. The molecule has 26 heavy (non-hydrogen) atoms. The summed E-state index contributed by atoms with van der Waals surface area (Å²) < 4.78 is 0. The van der Waals surface area contributed by atoms with Gasteiger partial charge in [-0.15, -0.1) is 11.3 Å². The number of aromatic nitrogens is 1. The van der Waals surface area contributed by atoms with E-state index in [-0.39, 0.29) is 5.92 Å². The van der Waals surface area contributed by atoms with Crippen LogP contribution in [0, 0.1) is 12.8 Å². The maximum atomic E-state index is 13.2. The van der Waals surface area contributed by atoms with Crippen LogP contribution < -0.4 is 4.90 Å². The van der Waals surface area contributed by atoms with E-state index in [0.717, 1.165) is 61.8 Å². The van der Waals surface area contributed by atoms with Crippen molar-refractivity contribution in [3.63, 3.8) is 0 Å². The molecule has 1 unspecified atom stereocenters. The van der Waals surface area contributed by atoms with Gasteiger partial charge in [-0.2, -0.15) is 0 Å². The number of fused-ring (bicyclic) bond motifs is 1. The molecule has 4 rings (SSSR count). The number of piperidine rings is 1. The molecule has 3 heterocycles. The predicted molar refractivity (Wildman–Crippen MR) is 107 cm³/mol. The van der Waals surface area contributed by atoms with Gasteiger partial charge in [0.15, 0.2) is 0 Å². The van der Waals surface area contributed by atoms with Crippen LogP contribution in [0.3, 0.4) is 0 Å². The lowest BCUT2D eigenvalue weighted by Crippen LogP contribution is -2.44. The molecule has 0 N–H and O–H groups in total. The zero-order valence-electron chi connectivity index (χ0n) is 15.6. The highest BCUT2D eigenvalue weighted by molar-refractivity contribution is 7.09. The van der Waals surface area contributed by atoms with Crippen molar-refractivity contribution >= 4 is 22.9 Å². The Hall–Kier alpha value is -1.72. The minimum Gasteiger partial charge on any atom is -0.312 e. The topological polar surface area (TPSA) is 36.4 Å². The quantitative estimate of drug-likeness (QED) is 0.813. The van der Waals surface area contributed by atoms with Gasteiger partial charge < -0.3 is 4.90 Å². The Kier molecular flexibility index (Phi) is 5.09. The van der Waals surface area contributed by atoms with Crippen LogP contribution in [0.25, 0.3) is 0 Å².